The normalized spacial score (nSPS) is 10.1. The fraction of sp³-hybridized carbons (Fsp3) is 0.0909. The van der Waals surface area contributed by atoms with E-state index < -0.39 is 0 Å². The maximum atomic E-state index is 10.7. The van der Waals surface area contributed by atoms with Crippen molar-refractivity contribution in [3.63, 3.8) is 0 Å². The van der Waals surface area contributed by atoms with Crippen LogP contribution < -0.4 is 4.74 Å². The van der Waals surface area contributed by atoms with Crippen LogP contribution in [0, 0.1) is 0 Å². The van der Waals surface area contributed by atoms with E-state index in [0.717, 1.165) is 0 Å². The van der Waals surface area contributed by atoms with Crippen LogP contribution in [-0.2, 0) is 0 Å². The van der Waals surface area contributed by atoms with Crippen molar-refractivity contribution in [2.24, 2.45) is 0 Å². The number of aromatic nitrogens is 1. The number of oxazole rings is 1. The smallest absolute Gasteiger partial charge is 0.182 e. The minimum absolute atomic E-state index is 0.223. The number of hydrogen-bond donors (Lipinski definition) is 0. The molecular weight excluding hydrogens is 230 g/mol. The number of carbonyl (C=O) groups is 1. The zero-order valence-corrected chi connectivity index (χ0v) is 9.19. The lowest BCUT2D eigenvalue weighted by Gasteiger charge is -2.06. The summed E-state index contributed by atoms with van der Waals surface area (Å²) in [6.45, 7) is 0. The third-order valence-electron chi connectivity index (χ3n) is 2.11. The van der Waals surface area contributed by atoms with Gasteiger partial charge in [0, 0.05) is 5.02 Å². The van der Waals surface area contributed by atoms with E-state index in [1.165, 1.54) is 13.5 Å². The quantitative estimate of drug-likeness (QED) is 0.771. The van der Waals surface area contributed by atoms with Crippen molar-refractivity contribution in [1.29, 1.82) is 0 Å². The van der Waals surface area contributed by atoms with Crippen LogP contribution in [-0.4, -0.2) is 18.4 Å². The van der Waals surface area contributed by atoms with Crippen LogP contribution >= 0.6 is 11.6 Å². The van der Waals surface area contributed by atoms with Crippen LogP contribution in [0.5, 0.6) is 5.75 Å². The van der Waals surface area contributed by atoms with Crippen molar-refractivity contribution in [2.75, 3.05) is 7.11 Å². The summed E-state index contributed by atoms with van der Waals surface area (Å²) in [5.74, 6) is 0.929. The molecule has 0 atom stereocenters. The molecule has 1 heterocycles. The van der Waals surface area contributed by atoms with E-state index in [-0.39, 0.29) is 5.69 Å². The third-order valence-corrected chi connectivity index (χ3v) is 2.35. The Bertz CT molecular complexity index is 522. The van der Waals surface area contributed by atoms with E-state index in [1.54, 1.807) is 18.2 Å². The highest BCUT2D eigenvalue weighted by molar-refractivity contribution is 6.31. The van der Waals surface area contributed by atoms with Crippen molar-refractivity contribution in [1.82, 2.24) is 4.98 Å². The monoisotopic (exact) mass is 237 g/mol. The molecule has 0 spiro atoms. The van der Waals surface area contributed by atoms with Crippen LogP contribution in [0.3, 0.4) is 0 Å². The second-order valence-corrected chi connectivity index (χ2v) is 3.47. The Morgan fingerprint density at radius 2 is 2.31 bits per heavy atom. The highest BCUT2D eigenvalue weighted by atomic mass is 35.5. The van der Waals surface area contributed by atoms with Gasteiger partial charge in [0.05, 0.1) is 12.7 Å². The summed E-state index contributed by atoms with van der Waals surface area (Å²) in [7, 11) is 1.53. The Morgan fingerprint density at radius 3 is 3.00 bits per heavy atom. The molecule has 82 valence electrons. The number of carbonyl (C=O) groups excluding carboxylic acids is 1. The zero-order valence-electron chi connectivity index (χ0n) is 8.44. The molecule has 2 rings (SSSR count). The first-order valence-electron chi connectivity index (χ1n) is 4.49. The van der Waals surface area contributed by atoms with Crippen molar-refractivity contribution in [3.8, 4) is 17.1 Å². The summed E-state index contributed by atoms with van der Waals surface area (Å²) < 4.78 is 10.3. The van der Waals surface area contributed by atoms with Gasteiger partial charge in [-0.25, -0.2) is 4.98 Å². The molecular formula is C11H8ClNO3. The maximum absolute atomic E-state index is 10.7. The van der Waals surface area contributed by atoms with Crippen molar-refractivity contribution in [3.05, 3.63) is 35.3 Å². The maximum Gasteiger partial charge on any atom is 0.182 e. The van der Waals surface area contributed by atoms with Gasteiger partial charge in [-0.05, 0) is 18.2 Å². The molecule has 1 aromatic carbocycles. The van der Waals surface area contributed by atoms with E-state index in [9.17, 15) is 4.79 Å². The molecule has 5 heteroatoms. The summed E-state index contributed by atoms with van der Waals surface area (Å²) in [6.07, 6.45) is 1.83. The summed E-state index contributed by atoms with van der Waals surface area (Å²) in [5, 5.41) is 0.532. The fourth-order valence-electron chi connectivity index (χ4n) is 1.40. The molecule has 16 heavy (non-hydrogen) atoms. The molecule has 0 aliphatic heterocycles. The predicted octanol–water partition coefficient (Wildman–Crippen LogP) is 2.82. The molecule has 4 nitrogen and oxygen atoms in total. The van der Waals surface area contributed by atoms with Crippen LogP contribution in [0.1, 0.15) is 10.5 Å². The number of halogens is 1. The number of methoxy groups -OCH3 is 1. The van der Waals surface area contributed by atoms with Gasteiger partial charge < -0.3 is 9.15 Å². The van der Waals surface area contributed by atoms with Gasteiger partial charge in [-0.1, -0.05) is 11.6 Å². The Kier molecular flexibility index (Phi) is 2.92. The zero-order chi connectivity index (χ0) is 11.5. The van der Waals surface area contributed by atoms with Crippen LogP contribution in [0.15, 0.2) is 29.0 Å². The number of rotatable bonds is 3. The minimum Gasteiger partial charge on any atom is -0.496 e. The van der Waals surface area contributed by atoms with Gasteiger partial charge in [-0.2, -0.15) is 0 Å². The molecule has 0 radical (unpaired) electrons. The van der Waals surface area contributed by atoms with Gasteiger partial charge in [-0.15, -0.1) is 0 Å². The van der Waals surface area contributed by atoms with E-state index >= 15 is 0 Å². The Labute approximate surface area is 96.8 Å². The standard InChI is InChI=1S/C11H8ClNO3/c1-15-10-3-2-7(12)4-8(10)11-9(5-14)13-6-16-11/h2-6H,1H3. The van der Waals surface area contributed by atoms with Gasteiger partial charge in [0.15, 0.2) is 18.4 Å². The third kappa shape index (κ3) is 1.79. The average Bonchev–Trinajstić information content (AvgIpc) is 2.76. The van der Waals surface area contributed by atoms with Gasteiger partial charge in [0.25, 0.3) is 0 Å². The molecule has 0 aliphatic carbocycles. The first-order chi connectivity index (χ1) is 7.76. The van der Waals surface area contributed by atoms with Crippen molar-refractivity contribution < 1.29 is 13.9 Å². The molecule has 0 unspecified atom stereocenters. The summed E-state index contributed by atoms with van der Waals surface area (Å²) in [6, 6.07) is 5.06. The lowest BCUT2D eigenvalue weighted by Crippen LogP contribution is -1.90. The van der Waals surface area contributed by atoms with E-state index in [4.69, 9.17) is 20.8 Å². The number of benzene rings is 1. The highest BCUT2D eigenvalue weighted by Crippen LogP contribution is 2.33. The SMILES string of the molecule is COc1ccc(Cl)cc1-c1ocnc1C=O. The topological polar surface area (TPSA) is 52.3 Å². The lowest BCUT2D eigenvalue weighted by atomic mass is 10.1. The fourth-order valence-corrected chi connectivity index (χ4v) is 1.57. The van der Waals surface area contributed by atoms with Gasteiger partial charge >= 0.3 is 0 Å². The van der Waals surface area contributed by atoms with E-state index in [0.29, 0.717) is 28.4 Å². The molecule has 1 aromatic heterocycles. The second kappa shape index (κ2) is 4.37. The highest BCUT2D eigenvalue weighted by Gasteiger charge is 2.15. The molecule has 0 saturated carbocycles. The number of nitrogens with zero attached hydrogens (tertiary/aromatic N) is 1. The first-order valence-corrected chi connectivity index (χ1v) is 4.86. The average molecular weight is 238 g/mol. The molecule has 0 fully saturated rings. The van der Waals surface area contributed by atoms with Gasteiger partial charge in [-0.3, -0.25) is 4.79 Å². The molecule has 0 N–H and O–H groups in total. The van der Waals surface area contributed by atoms with Gasteiger partial charge in [0.1, 0.15) is 11.4 Å². The molecule has 0 amide bonds. The minimum atomic E-state index is 0.223. The molecule has 0 saturated heterocycles. The van der Waals surface area contributed by atoms with Crippen LogP contribution in [0.25, 0.3) is 11.3 Å². The van der Waals surface area contributed by atoms with E-state index in [1.807, 2.05) is 0 Å². The molecule has 0 aliphatic rings. The number of hydrogen-bond acceptors (Lipinski definition) is 4. The summed E-state index contributed by atoms with van der Waals surface area (Å²) in [4.78, 5) is 14.5. The Balaban J connectivity index is 2.62. The Hall–Kier alpha value is -1.81. The first kappa shape index (κ1) is 10.7. The van der Waals surface area contributed by atoms with Crippen molar-refractivity contribution >= 4 is 17.9 Å². The summed E-state index contributed by atoms with van der Waals surface area (Å²) >= 11 is 5.88. The molecule has 0 bridgehead atoms. The lowest BCUT2D eigenvalue weighted by molar-refractivity contribution is 0.112. The van der Waals surface area contributed by atoms with E-state index in [2.05, 4.69) is 4.98 Å². The van der Waals surface area contributed by atoms with Crippen LogP contribution in [0.2, 0.25) is 5.02 Å². The second-order valence-electron chi connectivity index (χ2n) is 3.03. The number of ether oxygens (including phenoxy) is 1. The van der Waals surface area contributed by atoms with Crippen LogP contribution in [0.4, 0.5) is 0 Å². The summed E-state index contributed by atoms with van der Waals surface area (Å²) in [5.41, 5.74) is 0.829. The largest absolute Gasteiger partial charge is 0.496 e. The molecule has 2 aromatic rings. The number of aldehydes is 1. The predicted molar refractivity (Wildman–Crippen MR) is 58.9 cm³/mol. The Morgan fingerprint density at radius 1 is 1.50 bits per heavy atom. The van der Waals surface area contributed by atoms with Crippen molar-refractivity contribution in [2.45, 2.75) is 0 Å². The van der Waals surface area contributed by atoms with Gasteiger partial charge in [0.2, 0.25) is 0 Å².